The minimum atomic E-state index is -0.952. The highest BCUT2D eigenvalue weighted by atomic mass is 16.4. The number of benzene rings is 2. The van der Waals surface area contributed by atoms with E-state index in [4.69, 9.17) is 5.11 Å². The summed E-state index contributed by atoms with van der Waals surface area (Å²) in [5.41, 5.74) is 2.88. The van der Waals surface area contributed by atoms with Gasteiger partial charge in [0.25, 0.3) is 0 Å². The third-order valence-corrected chi connectivity index (χ3v) is 3.23. The van der Waals surface area contributed by atoms with Crippen LogP contribution in [-0.2, 0) is 0 Å². The summed E-state index contributed by atoms with van der Waals surface area (Å²) in [5, 5.41) is 8.97. The summed E-state index contributed by atoms with van der Waals surface area (Å²) >= 11 is 0. The molecule has 1 N–H and O–H groups in total. The number of carboxylic acid groups (broad SMARTS) is 1. The van der Waals surface area contributed by atoms with E-state index in [9.17, 15) is 4.79 Å². The van der Waals surface area contributed by atoms with Crippen molar-refractivity contribution in [3.05, 3.63) is 84.2 Å². The third-order valence-electron chi connectivity index (χ3n) is 3.23. The third kappa shape index (κ3) is 3.12. The molecule has 3 aromatic rings. The summed E-state index contributed by atoms with van der Waals surface area (Å²) in [4.78, 5) is 15.3. The molecule has 0 spiro atoms. The second-order valence-electron chi connectivity index (χ2n) is 4.80. The van der Waals surface area contributed by atoms with Crippen LogP contribution in [0.4, 0.5) is 5.69 Å². The van der Waals surface area contributed by atoms with Gasteiger partial charge in [0.15, 0.2) is 0 Å². The molecule has 0 fully saturated rings. The van der Waals surface area contributed by atoms with Crippen molar-refractivity contribution in [2.24, 2.45) is 4.99 Å². The maximum Gasteiger partial charge on any atom is 0.335 e. The molecule has 22 heavy (non-hydrogen) atoms. The lowest BCUT2D eigenvalue weighted by atomic mass is 10.2. The number of carboxylic acids is 1. The van der Waals surface area contributed by atoms with Gasteiger partial charge < -0.3 is 9.67 Å². The van der Waals surface area contributed by atoms with Crippen LogP contribution in [0.15, 0.2) is 78.0 Å². The molecule has 0 aliphatic carbocycles. The van der Waals surface area contributed by atoms with E-state index in [1.807, 2.05) is 53.4 Å². The zero-order valence-corrected chi connectivity index (χ0v) is 11.8. The standard InChI is InChI=1S/C18H14N2O2/c21-18(22)15-5-4-6-16(11-15)19-12-14-9-10-20(13-14)17-7-2-1-3-8-17/h1-13H,(H,21,22). The average Bonchev–Trinajstić information content (AvgIpc) is 3.03. The number of rotatable bonds is 4. The average molecular weight is 290 g/mol. The molecule has 0 unspecified atom stereocenters. The zero-order valence-electron chi connectivity index (χ0n) is 11.8. The number of aromatic nitrogens is 1. The molecule has 2 aromatic carbocycles. The number of hydrogen-bond donors (Lipinski definition) is 1. The van der Waals surface area contributed by atoms with Gasteiger partial charge in [-0.3, -0.25) is 4.99 Å². The summed E-state index contributed by atoms with van der Waals surface area (Å²) in [6, 6.07) is 18.5. The Labute approximate surface area is 128 Å². The lowest BCUT2D eigenvalue weighted by molar-refractivity contribution is 0.0697. The Hall–Kier alpha value is -3.14. The topological polar surface area (TPSA) is 54.6 Å². The van der Waals surface area contributed by atoms with Gasteiger partial charge in [0.2, 0.25) is 0 Å². The second kappa shape index (κ2) is 6.10. The Balaban J connectivity index is 1.80. The molecular weight excluding hydrogens is 276 g/mol. The minimum Gasteiger partial charge on any atom is -0.478 e. The van der Waals surface area contributed by atoms with Crippen LogP contribution in [0.5, 0.6) is 0 Å². The Morgan fingerprint density at radius 2 is 1.86 bits per heavy atom. The molecule has 0 saturated carbocycles. The smallest absolute Gasteiger partial charge is 0.335 e. The zero-order chi connectivity index (χ0) is 15.4. The highest BCUT2D eigenvalue weighted by Gasteiger charge is 2.02. The van der Waals surface area contributed by atoms with Crippen LogP contribution in [0.1, 0.15) is 15.9 Å². The summed E-state index contributed by atoms with van der Waals surface area (Å²) in [7, 11) is 0. The van der Waals surface area contributed by atoms with E-state index in [1.54, 1.807) is 30.5 Å². The van der Waals surface area contributed by atoms with Crippen LogP contribution in [0.3, 0.4) is 0 Å². The molecule has 108 valence electrons. The van der Waals surface area contributed by atoms with Crippen LogP contribution < -0.4 is 0 Å². The van der Waals surface area contributed by atoms with Crippen LogP contribution in [0.2, 0.25) is 0 Å². The molecule has 0 saturated heterocycles. The number of para-hydroxylation sites is 1. The predicted octanol–water partition coefficient (Wildman–Crippen LogP) is 3.93. The number of carbonyl (C=O) groups is 1. The fraction of sp³-hybridized carbons (Fsp3) is 0. The highest BCUT2D eigenvalue weighted by Crippen LogP contribution is 2.15. The maximum atomic E-state index is 10.9. The molecule has 0 aliphatic rings. The molecular formula is C18H14N2O2. The first kappa shape index (κ1) is 13.8. The summed E-state index contributed by atoms with van der Waals surface area (Å²) in [6.45, 7) is 0. The van der Waals surface area contributed by atoms with Gasteiger partial charge in [-0.2, -0.15) is 0 Å². The molecule has 0 bridgehead atoms. The van der Waals surface area contributed by atoms with Crippen LogP contribution >= 0.6 is 0 Å². The van der Waals surface area contributed by atoms with Gasteiger partial charge in [0.1, 0.15) is 0 Å². The van der Waals surface area contributed by atoms with Crippen molar-refractivity contribution in [3.63, 3.8) is 0 Å². The predicted molar refractivity (Wildman–Crippen MR) is 86.4 cm³/mol. The van der Waals surface area contributed by atoms with Crippen molar-refractivity contribution in [1.29, 1.82) is 0 Å². The van der Waals surface area contributed by atoms with Crippen molar-refractivity contribution in [2.45, 2.75) is 0 Å². The molecule has 1 heterocycles. The van der Waals surface area contributed by atoms with Gasteiger partial charge in [0, 0.05) is 29.9 Å². The Bertz CT molecular complexity index is 820. The quantitative estimate of drug-likeness (QED) is 0.740. The normalized spacial score (nSPS) is 10.9. The SMILES string of the molecule is O=C(O)c1cccc(N=Cc2ccn(-c3ccccc3)c2)c1. The number of hydrogen-bond acceptors (Lipinski definition) is 2. The van der Waals surface area contributed by atoms with Gasteiger partial charge >= 0.3 is 5.97 Å². The summed E-state index contributed by atoms with van der Waals surface area (Å²) < 4.78 is 2.01. The lowest BCUT2D eigenvalue weighted by Crippen LogP contribution is -1.94. The fourth-order valence-corrected chi connectivity index (χ4v) is 2.12. The Morgan fingerprint density at radius 3 is 2.64 bits per heavy atom. The van der Waals surface area contributed by atoms with Gasteiger partial charge in [-0.25, -0.2) is 4.79 Å². The summed E-state index contributed by atoms with van der Waals surface area (Å²) in [6.07, 6.45) is 5.66. The monoisotopic (exact) mass is 290 g/mol. The number of aromatic carboxylic acids is 1. The lowest BCUT2D eigenvalue weighted by Gasteiger charge is -2.00. The molecule has 1 aromatic heterocycles. The molecule has 0 aliphatic heterocycles. The molecule has 4 heteroatoms. The van der Waals surface area contributed by atoms with Crippen LogP contribution in [0.25, 0.3) is 5.69 Å². The van der Waals surface area contributed by atoms with Crippen LogP contribution in [-0.4, -0.2) is 21.9 Å². The molecule has 0 radical (unpaired) electrons. The Morgan fingerprint density at radius 1 is 1.05 bits per heavy atom. The van der Waals surface area contributed by atoms with E-state index in [0.29, 0.717) is 5.69 Å². The maximum absolute atomic E-state index is 10.9. The second-order valence-corrected chi connectivity index (χ2v) is 4.80. The van der Waals surface area contributed by atoms with Crippen LogP contribution in [0, 0.1) is 0 Å². The molecule has 0 amide bonds. The first-order valence-electron chi connectivity index (χ1n) is 6.83. The summed E-state index contributed by atoms with van der Waals surface area (Å²) in [5.74, 6) is -0.952. The Kier molecular flexibility index (Phi) is 3.83. The van der Waals surface area contributed by atoms with Gasteiger partial charge in [0.05, 0.1) is 11.3 Å². The van der Waals surface area contributed by atoms with E-state index in [0.717, 1.165) is 11.3 Å². The fourth-order valence-electron chi connectivity index (χ4n) is 2.12. The van der Waals surface area contributed by atoms with Gasteiger partial charge in [-0.15, -0.1) is 0 Å². The first-order valence-corrected chi connectivity index (χ1v) is 6.83. The van der Waals surface area contributed by atoms with E-state index in [2.05, 4.69) is 4.99 Å². The van der Waals surface area contributed by atoms with Crippen molar-refractivity contribution in [2.75, 3.05) is 0 Å². The highest BCUT2D eigenvalue weighted by molar-refractivity contribution is 5.89. The van der Waals surface area contributed by atoms with E-state index >= 15 is 0 Å². The largest absolute Gasteiger partial charge is 0.478 e. The van der Waals surface area contributed by atoms with Gasteiger partial charge in [-0.1, -0.05) is 24.3 Å². The van der Waals surface area contributed by atoms with Crippen molar-refractivity contribution < 1.29 is 9.90 Å². The molecule has 3 rings (SSSR count). The molecule has 4 nitrogen and oxygen atoms in total. The van der Waals surface area contributed by atoms with Crippen molar-refractivity contribution in [3.8, 4) is 5.69 Å². The minimum absolute atomic E-state index is 0.233. The molecule has 0 atom stereocenters. The first-order chi connectivity index (χ1) is 10.7. The number of nitrogens with zero attached hydrogens (tertiary/aromatic N) is 2. The van der Waals surface area contributed by atoms with Crippen molar-refractivity contribution in [1.82, 2.24) is 4.57 Å². The van der Waals surface area contributed by atoms with E-state index in [-0.39, 0.29) is 5.56 Å². The van der Waals surface area contributed by atoms with E-state index in [1.165, 1.54) is 0 Å². The number of aliphatic imine (C=N–C) groups is 1. The van der Waals surface area contributed by atoms with Gasteiger partial charge in [-0.05, 0) is 36.4 Å². The van der Waals surface area contributed by atoms with E-state index < -0.39 is 5.97 Å². The van der Waals surface area contributed by atoms with Crippen molar-refractivity contribution >= 4 is 17.9 Å².